The van der Waals surface area contributed by atoms with Crippen molar-refractivity contribution in [2.24, 2.45) is 0 Å². The van der Waals surface area contributed by atoms with E-state index in [0.717, 1.165) is 54.5 Å². The van der Waals surface area contributed by atoms with Gasteiger partial charge in [0.25, 0.3) is 11.8 Å². The molecular formula is C36H32FN3O4. The number of pyridine rings is 1. The third-order valence-electron chi connectivity index (χ3n) is 8.73. The van der Waals surface area contributed by atoms with Gasteiger partial charge in [0, 0.05) is 24.2 Å². The minimum Gasteiger partial charge on any atom is -0.490 e. The van der Waals surface area contributed by atoms with Gasteiger partial charge in [-0.1, -0.05) is 12.1 Å². The predicted molar refractivity (Wildman–Crippen MR) is 166 cm³/mol. The van der Waals surface area contributed by atoms with E-state index in [0.29, 0.717) is 39.2 Å². The highest BCUT2D eigenvalue weighted by molar-refractivity contribution is 6.12. The average Bonchev–Trinajstić information content (AvgIpc) is 3.70. The first-order chi connectivity index (χ1) is 21.3. The number of hydrogen-bond acceptors (Lipinski definition) is 5. The molecule has 2 heterocycles. The van der Waals surface area contributed by atoms with Gasteiger partial charge in [-0.25, -0.2) is 4.39 Å². The third kappa shape index (κ3) is 5.00. The number of aromatic nitrogens is 1. The van der Waals surface area contributed by atoms with E-state index in [4.69, 9.17) is 9.15 Å². The molecule has 7 rings (SSSR count). The molecule has 0 radical (unpaired) electrons. The number of carbonyl (C=O) groups excluding carboxylic acids is 2. The number of rotatable bonds is 8. The van der Waals surface area contributed by atoms with Crippen LogP contribution in [0.4, 0.5) is 4.39 Å². The van der Waals surface area contributed by atoms with Crippen LogP contribution >= 0.6 is 0 Å². The van der Waals surface area contributed by atoms with E-state index in [1.165, 1.54) is 12.1 Å². The van der Waals surface area contributed by atoms with Crippen molar-refractivity contribution in [1.29, 1.82) is 0 Å². The molecule has 0 atom stereocenters. The maximum atomic E-state index is 13.9. The maximum Gasteiger partial charge on any atom is 0.255 e. The quantitative estimate of drug-likeness (QED) is 0.198. The van der Waals surface area contributed by atoms with E-state index in [2.05, 4.69) is 15.6 Å². The second kappa shape index (κ2) is 10.9. The Morgan fingerprint density at radius 1 is 0.977 bits per heavy atom. The fourth-order valence-corrected chi connectivity index (χ4v) is 5.86. The number of ether oxygens (including phenoxy) is 1. The summed E-state index contributed by atoms with van der Waals surface area (Å²) in [6, 6.07) is 21.1. The van der Waals surface area contributed by atoms with Crippen LogP contribution in [0.15, 0.2) is 83.4 Å². The number of nitrogens with zero attached hydrogens (tertiary/aromatic N) is 1. The fraction of sp³-hybridized carbons (Fsp3) is 0.250. The molecule has 0 bridgehead atoms. The van der Waals surface area contributed by atoms with Crippen molar-refractivity contribution in [3.63, 3.8) is 0 Å². The number of hydrogen-bond donors (Lipinski definition) is 2. The van der Waals surface area contributed by atoms with Gasteiger partial charge in [0.05, 0.1) is 28.5 Å². The lowest BCUT2D eigenvalue weighted by Crippen LogP contribution is -2.36. The number of halogens is 1. The van der Waals surface area contributed by atoms with Crippen LogP contribution in [0.3, 0.4) is 0 Å². The van der Waals surface area contributed by atoms with Gasteiger partial charge in [-0.2, -0.15) is 0 Å². The van der Waals surface area contributed by atoms with Gasteiger partial charge < -0.3 is 19.8 Å². The van der Waals surface area contributed by atoms with E-state index in [1.807, 2.05) is 55.5 Å². The molecule has 8 heteroatoms. The lowest BCUT2D eigenvalue weighted by atomic mass is 9.93. The molecule has 2 aliphatic rings. The van der Waals surface area contributed by atoms with Crippen LogP contribution < -0.4 is 15.4 Å². The molecule has 0 aliphatic heterocycles. The Bertz CT molecular complexity index is 1890. The Labute approximate surface area is 254 Å². The molecule has 0 unspecified atom stereocenters. The summed E-state index contributed by atoms with van der Waals surface area (Å²) < 4.78 is 26.1. The summed E-state index contributed by atoms with van der Waals surface area (Å²) >= 11 is 0. The van der Waals surface area contributed by atoms with Gasteiger partial charge in [0.2, 0.25) is 0 Å². The van der Waals surface area contributed by atoms with Crippen molar-refractivity contribution in [2.75, 3.05) is 7.05 Å². The summed E-state index contributed by atoms with van der Waals surface area (Å²) in [6.07, 6.45) is 6.54. The maximum absolute atomic E-state index is 13.9. The SMILES string of the molecule is CNC(=O)c1c(-c2ccc(F)cc2)oc2ccc(-c3cc(C(=O)NC4(c5ccccn5)CC4)c(OC4CCC4)cc3C)cc12. The van der Waals surface area contributed by atoms with Gasteiger partial charge in [-0.05, 0) is 116 Å². The molecule has 222 valence electrons. The molecule has 0 spiro atoms. The topological polar surface area (TPSA) is 93.5 Å². The second-order valence-electron chi connectivity index (χ2n) is 11.7. The van der Waals surface area contributed by atoms with E-state index in [1.54, 1.807) is 25.4 Å². The van der Waals surface area contributed by atoms with Crippen LogP contribution in [-0.2, 0) is 5.54 Å². The first-order valence-electron chi connectivity index (χ1n) is 15.0. The van der Waals surface area contributed by atoms with Crippen LogP contribution in [0, 0.1) is 12.7 Å². The van der Waals surface area contributed by atoms with Crippen LogP contribution in [0.25, 0.3) is 33.4 Å². The smallest absolute Gasteiger partial charge is 0.255 e. The molecule has 0 saturated heterocycles. The highest BCUT2D eigenvalue weighted by Crippen LogP contribution is 2.45. The number of benzene rings is 3. The van der Waals surface area contributed by atoms with Crippen molar-refractivity contribution >= 4 is 22.8 Å². The summed E-state index contributed by atoms with van der Waals surface area (Å²) in [4.78, 5) is 31.6. The minimum absolute atomic E-state index is 0.0970. The molecule has 2 aliphatic carbocycles. The van der Waals surface area contributed by atoms with E-state index in [9.17, 15) is 14.0 Å². The predicted octanol–water partition coefficient (Wildman–Crippen LogP) is 7.32. The standard InChI is InChI=1S/C36H32FN3O4/c1-21-18-30(43-25-6-5-7-25)28(34(41)40-36(15-16-36)31-8-3-4-17-39-31)20-26(21)23-11-14-29-27(19-23)32(35(42)38-2)33(44-29)22-9-12-24(37)13-10-22/h3-4,8-14,17-20,25H,5-7,15-16H2,1-2H3,(H,38,42)(H,40,41). The Hall–Kier alpha value is -4.98. The van der Waals surface area contributed by atoms with Gasteiger partial charge in [-0.15, -0.1) is 0 Å². The molecule has 44 heavy (non-hydrogen) atoms. The molecule has 2 aromatic heterocycles. The average molecular weight is 590 g/mol. The first-order valence-corrected chi connectivity index (χ1v) is 15.0. The zero-order valence-corrected chi connectivity index (χ0v) is 24.6. The number of nitrogens with one attached hydrogen (secondary N) is 2. The molecule has 2 N–H and O–H groups in total. The summed E-state index contributed by atoms with van der Waals surface area (Å²) in [5.41, 5.74) is 4.92. The molecule has 2 saturated carbocycles. The first kappa shape index (κ1) is 27.8. The highest BCUT2D eigenvalue weighted by atomic mass is 19.1. The minimum atomic E-state index is -0.480. The highest BCUT2D eigenvalue weighted by Gasteiger charge is 2.47. The van der Waals surface area contributed by atoms with Crippen molar-refractivity contribution in [3.05, 3.63) is 107 Å². The monoisotopic (exact) mass is 589 g/mol. The number of aryl methyl sites for hydroxylation is 1. The second-order valence-corrected chi connectivity index (χ2v) is 11.7. The van der Waals surface area contributed by atoms with Crippen molar-refractivity contribution in [1.82, 2.24) is 15.6 Å². The summed E-state index contributed by atoms with van der Waals surface area (Å²) in [5, 5.41) is 6.58. The number of amides is 2. The number of carbonyl (C=O) groups is 2. The number of furan rings is 1. The van der Waals surface area contributed by atoms with E-state index < -0.39 is 5.54 Å². The summed E-state index contributed by atoms with van der Waals surface area (Å²) in [5.74, 6) is 0.0331. The van der Waals surface area contributed by atoms with Crippen molar-refractivity contribution in [2.45, 2.75) is 50.7 Å². The number of fused-ring (bicyclic) bond motifs is 1. The Morgan fingerprint density at radius 3 is 2.41 bits per heavy atom. The lowest BCUT2D eigenvalue weighted by Gasteiger charge is -2.28. The van der Waals surface area contributed by atoms with Crippen LogP contribution in [0.1, 0.15) is 64.1 Å². The largest absolute Gasteiger partial charge is 0.490 e. The van der Waals surface area contributed by atoms with Gasteiger partial charge >= 0.3 is 0 Å². The zero-order chi connectivity index (χ0) is 30.4. The lowest BCUT2D eigenvalue weighted by molar-refractivity contribution is 0.0904. The van der Waals surface area contributed by atoms with Crippen LogP contribution in [0.5, 0.6) is 5.75 Å². The van der Waals surface area contributed by atoms with Crippen molar-refractivity contribution in [3.8, 4) is 28.2 Å². The molecule has 2 fully saturated rings. The Kier molecular flexibility index (Phi) is 6.92. The third-order valence-corrected chi connectivity index (χ3v) is 8.73. The summed E-state index contributed by atoms with van der Waals surface area (Å²) in [6.45, 7) is 1.99. The van der Waals surface area contributed by atoms with Gasteiger partial charge in [-0.3, -0.25) is 14.6 Å². The molecule has 3 aromatic carbocycles. The molecule has 7 nitrogen and oxygen atoms in total. The summed E-state index contributed by atoms with van der Waals surface area (Å²) in [7, 11) is 1.56. The molecule has 2 amide bonds. The zero-order valence-electron chi connectivity index (χ0n) is 24.6. The fourth-order valence-electron chi connectivity index (χ4n) is 5.86. The van der Waals surface area contributed by atoms with E-state index >= 15 is 0 Å². The van der Waals surface area contributed by atoms with Crippen LogP contribution in [0.2, 0.25) is 0 Å². The Balaban J connectivity index is 1.31. The molecule has 5 aromatic rings. The Morgan fingerprint density at radius 2 is 1.75 bits per heavy atom. The van der Waals surface area contributed by atoms with Crippen LogP contribution in [-0.4, -0.2) is 29.9 Å². The van der Waals surface area contributed by atoms with Gasteiger partial charge in [0.15, 0.2) is 0 Å². The van der Waals surface area contributed by atoms with Gasteiger partial charge in [0.1, 0.15) is 22.9 Å². The normalized spacial score (nSPS) is 15.4. The molecular weight excluding hydrogens is 557 g/mol. The van der Waals surface area contributed by atoms with Crippen molar-refractivity contribution < 1.29 is 23.1 Å². The van der Waals surface area contributed by atoms with E-state index in [-0.39, 0.29) is 23.7 Å².